The van der Waals surface area contributed by atoms with Crippen molar-refractivity contribution in [2.75, 3.05) is 0 Å². The van der Waals surface area contributed by atoms with Gasteiger partial charge in [-0.15, -0.1) is 0 Å². The van der Waals surface area contributed by atoms with Crippen LogP contribution in [0.25, 0.3) is 6.08 Å². The number of halogens is 1. The monoisotopic (exact) mass is 202 g/mol. The van der Waals surface area contributed by atoms with E-state index in [4.69, 9.17) is 0 Å². The third-order valence-electron chi connectivity index (χ3n) is 1.36. The molecular weight excluding hydrogens is 196 g/mol. The summed E-state index contributed by atoms with van der Waals surface area (Å²) < 4.78 is 0. The Balaban J connectivity index is 0.000000405. The summed E-state index contributed by atoms with van der Waals surface area (Å²) in [5, 5.41) is 2.29. The van der Waals surface area contributed by atoms with Crippen LogP contribution in [0, 0.1) is 0 Å². The third-order valence-corrected chi connectivity index (χ3v) is 3.28. The van der Waals surface area contributed by atoms with Gasteiger partial charge >= 0.3 is 0 Å². The Morgan fingerprint density at radius 2 is 2.33 bits per heavy atom. The molecule has 0 saturated carbocycles. The van der Waals surface area contributed by atoms with Gasteiger partial charge in [-0.2, -0.15) is 0 Å². The summed E-state index contributed by atoms with van der Waals surface area (Å²) in [7, 11) is 0.502. The smallest absolute Gasteiger partial charge is 0.173 e. The van der Waals surface area contributed by atoms with E-state index in [2.05, 4.69) is 29.7 Å². The summed E-state index contributed by atoms with van der Waals surface area (Å²) in [5.41, 5.74) is 0. The Labute approximate surface area is 68.0 Å². The second-order valence-corrected chi connectivity index (χ2v) is 3.83. The van der Waals surface area contributed by atoms with Crippen LogP contribution in [0.1, 0.15) is 4.88 Å². The van der Waals surface area contributed by atoms with Crippen molar-refractivity contribution < 1.29 is 17.0 Å². The molecule has 0 fully saturated rings. The molecule has 1 aliphatic rings. The minimum absolute atomic E-state index is 0. The molecule has 1 atom stereocenters. The van der Waals surface area contributed by atoms with Crippen molar-refractivity contribution in [3.8, 4) is 0 Å². The Bertz CT molecular complexity index is 225. The van der Waals surface area contributed by atoms with E-state index in [1.54, 1.807) is 0 Å². The highest BCUT2D eigenvalue weighted by Gasteiger charge is 2.12. The molecule has 48 valence electrons. The van der Waals surface area contributed by atoms with E-state index in [9.17, 15) is 0 Å². The number of hydrogen-bond acceptors (Lipinski definition) is 0. The van der Waals surface area contributed by atoms with Crippen molar-refractivity contribution in [2.24, 2.45) is 0 Å². The van der Waals surface area contributed by atoms with Gasteiger partial charge in [-0.25, -0.2) is 0 Å². The van der Waals surface area contributed by atoms with Crippen LogP contribution in [0.4, 0.5) is 0 Å². The molecule has 0 N–H and O–H groups in total. The van der Waals surface area contributed by atoms with Crippen LogP contribution in [-0.2, 0) is 5.75 Å². The molecule has 2 rings (SSSR count). The number of hydrogen-bond donors (Lipinski definition) is 0. The highest BCUT2D eigenvalue weighted by atomic mass is 79.9. The molecule has 1 unspecified atom stereocenters. The normalized spacial score (nSPS) is 14.9. The predicted molar refractivity (Wildman–Crippen MR) is 38.0 cm³/mol. The zero-order valence-electron chi connectivity index (χ0n) is 4.88. The first-order valence-corrected chi connectivity index (χ1v) is 4.17. The van der Waals surface area contributed by atoms with Gasteiger partial charge in [0.15, 0.2) is 4.88 Å². The zero-order chi connectivity index (χ0) is 5.40. The Kier molecular flexibility index (Phi) is 2.09. The molecule has 1 aromatic rings. The number of thiophene rings is 1. The van der Waals surface area contributed by atoms with Gasteiger partial charge in [0.25, 0.3) is 0 Å². The first-order valence-electron chi connectivity index (χ1n) is 2.71. The molecule has 0 bridgehead atoms. The molecule has 2 heterocycles. The molecular formula is C7H7BrS. The van der Waals surface area contributed by atoms with E-state index >= 15 is 0 Å². The van der Waals surface area contributed by atoms with Gasteiger partial charge in [-0.3, -0.25) is 0 Å². The zero-order valence-corrected chi connectivity index (χ0v) is 7.28. The Morgan fingerprint density at radius 3 is 3.11 bits per heavy atom. The van der Waals surface area contributed by atoms with Crippen molar-refractivity contribution in [3.63, 3.8) is 0 Å². The van der Waals surface area contributed by atoms with E-state index in [-0.39, 0.29) is 17.0 Å². The summed E-state index contributed by atoms with van der Waals surface area (Å²) >= 11 is 0. The first-order chi connectivity index (χ1) is 3.97. The summed E-state index contributed by atoms with van der Waals surface area (Å²) in [6.07, 6.45) is 4.47. The van der Waals surface area contributed by atoms with E-state index in [1.165, 1.54) is 10.6 Å². The molecule has 0 spiro atoms. The van der Waals surface area contributed by atoms with Gasteiger partial charge in [0.05, 0.1) is 0 Å². The summed E-state index contributed by atoms with van der Waals surface area (Å²) in [5.74, 6) is 1.25. The fraction of sp³-hybridized carbons (Fsp3) is 0.143. The number of fused-ring (bicyclic) bond motifs is 1. The average Bonchev–Trinajstić information content (AvgIpc) is 2.15. The third kappa shape index (κ3) is 1.10. The van der Waals surface area contributed by atoms with Crippen LogP contribution >= 0.6 is 10.5 Å². The molecule has 0 saturated heterocycles. The maximum absolute atomic E-state index is 2.29. The lowest BCUT2D eigenvalue weighted by Gasteiger charge is -1.70. The maximum Gasteiger partial charge on any atom is 0.173 e. The lowest BCUT2D eigenvalue weighted by molar-refractivity contribution is -0.00000151. The quantitative estimate of drug-likeness (QED) is 0.497. The summed E-state index contributed by atoms with van der Waals surface area (Å²) in [6.45, 7) is 0. The van der Waals surface area contributed by atoms with Crippen molar-refractivity contribution in [1.82, 2.24) is 0 Å². The van der Waals surface area contributed by atoms with Crippen LogP contribution in [0.2, 0.25) is 0 Å². The lowest BCUT2D eigenvalue weighted by Crippen LogP contribution is -3.00. The minimum Gasteiger partial charge on any atom is -1.00 e. The molecule has 9 heavy (non-hydrogen) atoms. The molecule has 0 amide bonds. The van der Waals surface area contributed by atoms with Crippen molar-refractivity contribution in [1.29, 1.82) is 0 Å². The molecule has 0 aliphatic carbocycles. The molecule has 0 radical (unpaired) electrons. The second-order valence-electron chi connectivity index (χ2n) is 1.90. The Morgan fingerprint density at radius 1 is 1.44 bits per heavy atom. The van der Waals surface area contributed by atoms with E-state index in [0.29, 0.717) is 10.5 Å². The van der Waals surface area contributed by atoms with E-state index in [0.717, 1.165) is 0 Å². The topological polar surface area (TPSA) is 0 Å². The van der Waals surface area contributed by atoms with Crippen LogP contribution in [-0.4, -0.2) is 0 Å². The predicted octanol–water partition coefficient (Wildman–Crippen LogP) is -0.533. The van der Waals surface area contributed by atoms with Gasteiger partial charge in [-0.1, -0.05) is 0 Å². The van der Waals surface area contributed by atoms with Crippen molar-refractivity contribution >= 4 is 16.5 Å². The first kappa shape index (κ1) is 7.03. The van der Waals surface area contributed by atoms with Crippen LogP contribution in [0.3, 0.4) is 0 Å². The Hall–Kier alpha value is -0.0800. The fourth-order valence-corrected chi connectivity index (χ4v) is 2.51. The van der Waals surface area contributed by atoms with Crippen LogP contribution in [0.15, 0.2) is 23.6 Å². The highest BCUT2D eigenvalue weighted by molar-refractivity contribution is 7.30. The fourth-order valence-electron chi connectivity index (χ4n) is 0.958. The highest BCUT2D eigenvalue weighted by Crippen LogP contribution is 2.32. The van der Waals surface area contributed by atoms with Crippen molar-refractivity contribution in [2.45, 2.75) is 5.75 Å². The standard InChI is InChI=1S/C7H7S.BrH/c1-3-7-4-2-6-8(7)5-1;/h1-5H,6H2;1H/q+1;/p-1. The van der Waals surface area contributed by atoms with Crippen LogP contribution < -0.4 is 17.0 Å². The largest absolute Gasteiger partial charge is 1.00 e. The molecule has 2 heteroatoms. The van der Waals surface area contributed by atoms with Gasteiger partial charge in [0.2, 0.25) is 0 Å². The van der Waals surface area contributed by atoms with Gasteiger partial charge in [0.1, 0.15) is 11.1 Å². The second kappa shape index (κ2) is 2.67. The summed E-state index contributed by atoms with van der Waals surface area (Å²) in [4.78, 5) is 1.52. The van der Waals surface area contributed by atoms with E-state index in [1.807, 2.05) is 0 Å². The minimum atomic E-state index is 0. The molecule has 1 aliphatic heterocycles. The molecule has 1 aromatic heterocycles. The summed E-state index contributed by atoms with van der Waals surface area (Å²) in [6, 6.07) is 4.36. The SMILES string of the molecule is C1=Cc2ccc[s+]2C1.[Br-]. The average molecular weight is 203 g/mol. The maximum atomic E-state index is 2.29. The van der Waals surface area contributed by atoms with Gasteiger partial charge in [0, 0.05) is 6.07 Å². The van der Waals surface area contributed by atoms with Gasteiger partial charge < -0.3 is 17.0 Å². The van der Waals surface area contributed by atoms with Crippen molar-refractivity contribution in [3.05, 3.63) is 28.5 Å². The molecule has 0 nitrogen and oxygen atoms in total. The van der Waals surface area contributed by atoms with E-state index < -0.39 is 0 Å². The molecule has 0 aromatic carbocycles. The van der Waals surface area contributed by atoms with Crippen LogP contribution in [0.5, 0.6) is 0 Å². The number of rotatable bonds is 0. The lowest BCUT2D eigenvalue weighted by atomic mass is 10.4. The number of allylic oxidation sites excluding steroid dienone is 1. The van der Waals surface area contributed by atoms with Gasteiger partial charge in [-0.05, 0) is 28.7 Å².